The Morgan fingerprint density at radius 2 is 1.77 bits per heavy atom. The van der Waals surface area contributed by atoms with E-state index in [9.17, 15) is 9.90 Å². The molecule has 31 heavy (non-hydrogen) atoms. The minimum absolute atomic E-state index is 0.0560. The standard InChI is InChI=1S/C24H20ClN3O3/c1-14-3-4-15(2)21(11-14)26-23(30)20-12-16-5-10-19(29)13-22(16)31-24(20)28-27-18-8-6-17(25)7-9-18/h3-13,27,29H,1-2H3,(H,26,30). The Balaban J connectivity index is 1.78. The highest BCUT2D eigenvalue weighted by molar-refractivity contribution is 6.30. The minimum Gasteiger partial charge on any atom is -0.508 e. The molecule has 1 amide bonds. The number of phenols is 1. The second-order valence-corrected chi connectivity index (χ2v) is 7.63. The number of benzene rings is 3. The van der Waals surface area contributed by atoms with Gasteiger partial charge in [-0.25, -0.2) is 0 Å². The molecule has 0 unspecified atom stereocenters. The molecule has 0 aliphatic carbocycles. The molecule has 0 fully saturated rings. The molecule has 0 bridgehead atoms. The van der Waals surface area contributed by atoms with E-state index in [4.69, 9.17) is 16.0 Å². The van der Waals surface area contributed by atoms with Crippen LogP contribution in [0.25, 0.3) is 11.0 Å². The first-order valence-electron chi connectivity index (χ1n) is 9.60. The molecule has 0 aliphatic heterocycles. The fraction of sp³-hybridized carbons (Fsp3) is 0.0833. The first-order valence-corrected chi connectivity index (χ1v) is 9.97. The topological polar surface area (TPSA) is 86.9 Å². The molecule has 6 nitrogen and oxygen atoms in total. The first-order chi connectivity index (χ1) is 14.9. The van der Waals surface area contributed by atoms with E-state index in [0.29, 0.717) is 27.4 Å². The molecule has 7 heteroatoms. The Hall–Kier alpha value is -3.77. The number of amides is 1. The average molecular weight is 434 g/mol. The van der Waals surface area contributed by atoms with Gasteiger partial charge in [-0.15, -0.1) is 5.10 Å². The number of hydrogen-bond donors (Lipinski definition) is 3. The van der Waals surface area contributed by atoms with E-state index in [1.807, 2.05) is 32.0 Å². The summed E-state index contributed by atoms with van der Waals surface area (Å²) in [6, 6.07) is 19.2. The Labute approximate surface area is 183 Å². The van der Waals surface area contributed by atoms with Crippen LogP contribution in [0, 0.1) is 13.8 Å². The zero-order chi connectivity index (χ0) is 22.0. The molecular weight excluding hydrogens is 414 g/mol. The van der Waals surface area contributed by atoms with E-state index < -0.39 is 0 Å². The number of anilines is 2. The van der Waals surface area contributed by atoms with Crippen molar-refractivity contribution in [2.24, 2.45) is 5.10 Å². The number of fused-ring (bicyclic) bond motifs is 1. The number of aromatic hydroxyl groups is 1. The van der Waals surface area contributed by atoms with Crippen molar-refractivity contribution in [3.05, 3.63) is 94.0 Å². The molecule has 3 aromatic carbocycles. The fourth-order valence-corrected chi connectivity index (χ4v) is 3.18. The van der Waals surface area contributed by atoms with Gasteiger partial charge in [0.2, 0.25) is 5.55 Å². The zero-order valence-corrected chi connectivity index (χ0v) is 17.7. The smallest absolute Gasteiger partial charge is 0.261 e. The first kappa shape index (κ1) is 20.5. The van der Waals surface area contributed by atoms with Gasteiger partial charge in [0.15, 0.2) is 0 Å². The summed E-state index contributed by atoms with van der Waals surface area (Å²) in [5.74, 6) is -0.301. The van der Waals surface area contributed by atoms with Crippen LogP contribution in [0.1, 0.15) is 21.5 Å². The molecule has 1 heterocycles. The zero-order valence-electron chi connectivity index (χ0n) is 16.9. The number of hydrogen-bond acceptors (Lipinski definition) is 5. The Morgan fingerprint density at radius 3 is 2.55 bits per heavy atom. The van der Waals surface area contributed by atoms with Crippen LogP contribution in [0.5, 0.6) is 5.75 Å². The molecule has 4 aromatic rings. The van der Waals surface area contributed by atoms with Crippen LogP contribution in [0.4, 0.5) is 11.4 Å². The molecule has 4 rings (SSSR count). The molecule has 3 N–H and O–H groups in total. The van der Waals surface area contributed by atoms with Gasteiger partial charge in [0.05, 0.1) is 5.69 Å². The van der Waals surface area contributed by atoms with Crippen LogP contribution in [0.15, 0.2) is 76.2 Å². The van der Waals surface area contributed by atoms with Crippen molar-refractivity contribution in [1.82, 2.24) is 0 Å². The number of phenolic OH excluding ortho intramolecular Hbond substituents is 1. The van der Waals surface area contributed by atoms with Gasteiger partial charge in [-0.2, -0.15) is 0 Å². The number of halogens is 1. The van der Waals surface area contributed by atoms with Crippen molar-refractivity contribution in [1.29, 1.82) is 0 Å². The lowest BCUT2D eigenvalue weighted by Crippen LogP contribution is -2.23. The SMILES string of the molecule is Cc1ccc(C)c(NC(=O)c2cc3ccc(O)cc3oc2=NNc2ccc(Cl)cc2)c1. The molecule has 0 saturated heterocycles. The van der Waals surface area contributed by atoms with Crippen molar-refractivity contribution < 1.29 is 14.3 Å². The number of nitrogens with zero attached hydrogens (tertiary/aromatic N) is 1. The predicted molar refractivity (Wildman–Crippen MR) is 122 cm³/mol. The molecule has 0 radical (unpaired) electrons. The van der Waals surface area contributed by atoms with E-state index in [-0.39, 0.29) is 22.8 Å². The highest BCUT2D eigenvalue weighted by Crippen LogP contribution is 2.21. The van der Waals surface area contributed by atoms with Crippen LogP contribution < -0.4 is 16.3 Å². The summed E-state index contributed by atoms with van der Waals surface area (Å²) in [6.07, 6.45) is 0. The van der Waals surface area contributed by atoms with Crippen molar-refractivity contribution in [2.75, 3.05) is 10.7 Å². The maximum Gasteiger partial charge on any atom is 0.261 e. The van der Waals surface area contributed by atoms with Crippen LogP contribution in [0.3, 0.4) is 0 Å². The highest BCUT2D eigenvalue weighted by atomic mass is 35.5. The van der Waals surface area contributed by atoms with Crippen molar-refractivity contribution in [2.45, 2.75) is 13.8 Å². The Morgan fingerprint density at radius 1 is 1.00 bits per heavy atom. The minimum atomic E-state index is -0.357. The molecule has 1 aromatic heterocycles. The van der Waals surface area contributed by atoms with E-state index in [1.165, 1.54) is 12.1 Å². The van der Waals surface area contributed by atoms with Gasteiger partial charge < -0.3 is 14.8 Å². The second-order valence-electron chi connectivity index (χ2n) is 7.19. The monoisotopic (exact) mass is 433 g/mol. The molecule has 0 spiro atoms. The van der Waals surface area contributed by atoms with Crippen LogP contribution in [-0.4, -0.2) is 11.0 Å². The van der Waals surface area contributed by atoms with Gasteiger partial charge >= 0.3 is 0 Å². The number of carbonyl (C=O) groups excluding carboxylic acids is 1. The lowest BCUT2D eigenvalue weighted by molar-refractivity contribution is 0.102. The third-order valence-electron chi connectivity index (χ3n) is 4.75. The van der Waals surface area contributed by atoms with Gasteiger partial charge in [0.1, 0.15) is 16.9 Å². The molecular formula is C24H20ClN3O3. The highest BCUT2D eigenvalue weighted by Gasteiger charge is 2.14. The van der Waals surface area contributed by atoms with Gasteiger partial charge in [0, 0.05) is 22.2 Å². The van der Waals surface area contributed by atoms with Crippen LogP contribution >= 0.6 is 11.6 Å². The lowest BCUT2D eigenvalue weighted by atomic mass is 10.1. The lowest BCUT2D eigenvalue weighted by Gasteiger charge is -2.10. The molecule has 156 valence electrons. The van der Waals surface area contributed by atoms with Crippen molar-refractivity contribution in [3.63, 3.8) is 0 Å². The quantitative estimate of drug-likeness (QED) is 0.366. The van der Waals surface area contributed by atoms with E-state index >= 15 is 0 Å². The summed E-state index contributed by atoms with van der Waals surface area (Å²) < 4.78 is 5.86. The maximum atomic E-state index is 13.1. The van der Waals surface area contributed by atoms with Gasteiger partial charge in [0.25, 0.3) is 5.91 Å². The summed E-state index contributed by atoms with van der Waals surface area (Å²) in [6.45, 7) is 3.89. The average Bonchev–Trinajstić information content (AvgIpc) is 2.75. The van der Waals surface area contributed by atoms with E-state index in [0.717, 1.165) is 11.1 Å². The third kappa shape index (κ3) is 4.70. The van der Waals surface area contributed by atoms with Crippen molar-refractivity contribution >= 4 is 39.9 Å². The summed E-state index contributed by atoms with van der Waals surface area (Å²) in [4.78, 5) is 13.1. The maximum absolute atomic E-state index is 13.1. The summed E-state index contributed by atoms with van der Waals surface area (Å²) in [5.41, 5.74) is 6.98. The molecule has 0 aliphatic rings. The van der Waals surface area contributed by atoms with Crippen molar-refractivity contribution in [3.8, 4) is 5.75 Å². The summed E-state index contributed by atoms with van der Waals surface area (Å²) in [5, 5.41) is 18.3. The van der Waals surface area contributed by atoms with E-state index in [2.05, 4.69) is 15.8 Å². The largest absolute Gasteiger partial charge is 0.508 e. The van der Waals surface area contributed by atoms with Gasteiger partial charge in [-0.05, 0) is 73.5 Å². The summed E-state index contributed by atoms with van der Waals surface area (Å²) in [7, 11) is 0. The number of aryl methyl sites for hydroxylation is 2. The third-order valence-corrected chi connectivity index (χ3v) is 5.00. The number of carbonyl (C=O) groups is 1. The predicted octanol–water partition coefficient (Wildman–Crippen LogP) is 5.59. The van der Waals surface area contributed by atoms with Crippen LogP contribution in [0.2, 0.25) is 5.02 Å². The fourth-order valence-electron chi connectivity index (χ4n) is 3.05. The summed E-state index contributed by atoms with van der Waals surface area (Å²) >= 11 is 5.92. The second kappa shape index (κ2) is 8.53. The molecule has 0 saturated carbocycles. The molecule has 0 atom stereocenters. The van der Waals surface area contributed by atoms with Gasteiger partial charge in [-0.3, -0.25) is 10.2 Å². The number of nitrogens with one attached hydrogen (secondary N) is 2. The number of rotatable bonds is 4. The Kier molecular flexibility index (Phi) is 5.64. The van der Waals surface area contributed by atoms with Gasteiger partial charge in [-0.1, -0.05) is 23.7 Å². The van der Waals surface area contributed by atoms with Crippen LogP contribution in [-0.2, 0) is 0 Å². The van der Waals surface area contributed by atoms with E-state index in [1.54, 1.807) is 36.4 Å². The Bertz CT molecular complexity index is 1340. The normalized spacial score (nSPS) is 11.5.